The molecule has 0 spiro atoms. The highest BCUT2D eigenvalue weighted by Gasteiger charge is 2.18. The van der Waals surface area contributed by atoms with Crippen LogP contribution in [0.25, 0.3) is 0 Å². The van der Waals surface area contributed by atoms with Gasteiger partial charge in [0.2, 0.25) is 0 Å². The first-order valence-electron chi connectivity index (χ1n) is 9.33. The minimum absolute atomic E-state index is 0.234. The molecule has 1 aliphatic heterocycles. The van der Waals surface area contributed by atoms with E-state index in [1.807, 2.05) is 19.2 Å². The van der Waals surface area contributed by atoms with E-state index in [0.717, 1.165) is 55.8 Å². The highest BCUT2D eigenvalue weighted by atomic mass is 15.3. The van der Waals surface area contributed by atoms with Gasteiger partial charge in [-0.3, -0.25) is 9.88 Å². The zero-order chi connectivity index (χ0) is 18.7. The molecule has 0 N–H and O–H groups in total. The molecule has 26 heavy (non-hydrogen) atoms. The molecular formula is C20H30N6. The van der Waals surface area contributed by atoms with Crippen LogP contribution in [0.15, 0.2) is 24.4 Å². The maximum atomic E-state index is 4.67. The minimum Gasteiger partial charge on any atom is -0.354 e. The number of piperazine rings is 1. The van der Waals surface area contributed by atoms with E-state index in [-0.39, 0.29) is 6.04 Å². The maximum absolute atomic E-state index is 4.67. The van der Waals surface area contributed by atoms with Gasteiger partial charge in [0.15, 0.2) is 0 Å². The third kappa shape index (κ3) is 4.56. The summed E-state index contributed by atoms with van der Waals surface area (Å²) in [5, 5.41) is 0. The van der Waals surface area contributed by atoms with Gasteiger partial charge in [0.25, 0.3) is 0 Å². The molecular weight excluding hydrogens is 324 g/mol. The fraction of sp³-hybridized carbons (Fsp3) is 0.550. The van der Waals surface area contributed by atoms with E-state index in [2.05, 4.69) is 69.7 Å². The van der Waals surface area contributed by atoms with E-state index in [1.165, 1.54) is 5.56 Å². The Hall–Kier alpha value is -2.05. The molecule has 0 amide bonds. The van der Waals surface area contributed by atoms with Crippen LogP contribution in [0.1, 0.15) is 35.7 Å². The first kappa shape index (κ1) is 18.7. The summed E-state index contributed by atoms with van der Waals surface area (Å²) in [4.78, 5) is 20.9. The summed E-state index contributed by atoms with van der Waals surface area (Å²) >= 11 is 0. The number of nitrogens with zero attached hydrogens (tertiary/aromatic N) is 6. The normalized spacial score (nSPS) is 16.9. The zero-order valence-electron chi connectivity index (χ0n) is 16.6. The topological polar surface area (TPSA) is 48.4 Å². The lowest BCUT2D eigenvalue weighted by molar-refractivity contribution is 0.245. The number of rotatable bonds is 5. The Bertz CT molecular complexity index is 739. The van der Waals surface area contributed by atoms with Crippen LogP contribution in [0.3, 0.4) is 0 Å². The molecule has 6 nitrogen and oxygen atoms in total. The van der Waals surface area contributed by atoms with Crippen molar-refractivity contribution in [1.82, 2.24) is 24.8 Å². The van der Waals surface area contributed by atoms with E-state index in [4.69, 9.17) is 0 Å². The van der Waals surface area contributed by atoms with E-state index in [9.17, 15) is 0 Å². The molecule has 3 rings (SSSR count). The number of pyridine rings is 1. The van der Waals surface area contributed by atoms with Crippen LogP contribution in [0, 0.1) is 13.8 Å². The van der Waals surface area contributed by atoms with Crippen molar-refractivity contribution in [1.29, 1.82) is 0 Å². The summed E-state index contributed by atoms with van der Waals surface area (Å²) in [7, 11) is 4.30. The lowest BCUT2D eigenvalue weighted by atomic mass is 10.1. The van der Waals surface area contributed by atoms with E-state index < -0.39 is 0 Å². The molecule has 0 aliphatic carbocycles. The molecule has 1 fully saturated rings. The predicted octanol–water partition coefficient (Wildman–Crippen LogP) is 2.43. The van der Waals surface area contributed by atoms with E-state index in [0.29, 0.717) is 0 Å². The van der Waals surface area contributed by atoms with Crippen LogP contribution in [-0.4, -0.2) is 65.0 Å². The summed E-state index contributed by atoms with van der Waals surface area (Å²) in [5.41, 5.74) is 3.40. The zero-order valence-corrected chi connectivity index (χ0v) is 16.6. The Balaban J connectivity index is 1.72. The van der Waals surface area contributed by atoms with E-state index in [1.54, 1.807) is 0 Å². The Kier molecular flexibility index (Phi) is 5.84. The predicted molar refractivity (Wildman–Crippen MR) is 105 cm³/mol. The van der Waals surface area contributed by atoms with Crippen molar-refractivity contribution in [3.63, 3.8) is 0 Å². The summed E-state index contributed by atoms with van der Waals surface area (Å²) in [5.74, 6) is 1.89. The largest absolute Gasteiger partial charge is 0.354 e. The number of aromatic nitrogens is 3. The molecule has 0 aromatic carbocycles. The van der Waals surface area contributed by atoms with Gasteiger partial charge >= 0.3 is 0 Å². The van der Waals surface area contributed by atoms with Gasteiger partial charge in [-0.05, 0) is 52.6 Å². The number of anilines is 1. The van der Waals surface area contributed by atoms with Gasteiger partial charge in [-0.15, -0.1) is 0 Å². The van der Waals surface area contributed by atoms with E-state index >= 15 is 0 Å². The van der Waals surface area contributed by atoms with Gasteiger partial charge < -0.3 is 9.80 Å². The summed E-state index contributed by atoms with van der Waals surface area (Å²) in [6.07, 6.45) is 1.88. The maximum Gasteiger partial charge on any atom is 0.132 e. The lowest BCUT2D eigenvalue weighted by Gasteiger charge is -2.33. The molecule has 1 unspecified atom stereocenters. The molecule has 3 heterocycles. The van der Waals surface area contributed by atoms with Crippen LogP contribution in [0.4, 0.5) is 5.82 Å². The Morgan fingerprint density at radius 2 is 1.85 bits per heavy atom. The lowest BCUT2D eigenvalue weighted by Crippen LogP contribution is -2.45. The van der Waals surface area contributed by atoms with Crippen molar-refractivity contribution in [2.75, 3.05) is 45.2 Å². The third-order valence-electron chi connectivity index (χ3n) is 5.14. The first-order valence-corrected chi connectivity index (χ1v) is 9.33. The fourth-order valence-corrected chi connectivity index (χ4v) is 3.30. The molecule has 1 aliphatic rings. The highest BCUT2D eigenvalue weighted by Crippen LogP contribution is 2.21. The van der Waals surface area contributed by atoms with Gasteiger partial charge in [0, 0.05) is 51.0 Å². The van der Waals surface area contributed by atoms with Crippen LogP contribution >= 0.6 is 0 Å². The standard InChI is InChI=1S/C20H30N6/c1-15-6-7-21-19(12-15)16(2)25(5)14-18-13-20(23-17(3)22-18)26-10-8-24(4)9-11-26/h6-7,12-13,16H,8-11,14H2,1-5H3. The smallest absolute Gasteiger partial charge is 0.132 e. The number of hydrogen-bond donors (Lipinski definition) is 0. The molecule has 0 bridgehead atoms. The number of hydrogen-bond acceptors (Lipinski definition) is 6. The quantitative estimate of drug-likeness (QED) is 0.822. The second kappa shape index (κ2) is 8.10. The average Bonchev–Trinajstić information content (AvgIpc) is 2.61. The second-order valence-corrected chi connectivity index (χ2v) is 7.40. The van der Waals surface area contributed by atoms with Crippen LogP contribution in [0.2, 0.25) is 0 Å². The van der Waals surface area contributed by atoms with Crippen molar-refractivity contribution < 1.29 is 0 Å². The molecule has 6 heteroatoms. The van der Waals surface area contributed by atoms with Crippen LogP contribution in [0.5, 0.6) is 0 Å². The van der Waals surface area contributed by atoms with Gasteiger partial charge in [0.05, 0.1) is 11.4 Å². The van der Waals surface area contributed by atoms with Gasteiger partial charge in [-0.2, -0.15) is 0 Å². The monoisotopic (exact) mass is 354 g/mol. The highest BCUT2D eigenvalue weighted by molar-refractivity contribution is 5.40. The third-order valence-corrected chi connectivity index (χ3v) is 5.14. The molecule has 0 saturated carbocycles. The molecule has 1 atom stereocenters. The molecule has 0 radical (unpaired) electrons. The SMILES string of the molecule is Cc1ccnc(C(C)N(C)Cc2cc(N3CCN(C)CC3)nc(C)n2)c1. The van der Waals surface area contributed by atoms with Crippen molar-refractivity contribution in [2.45, 2.75) is 33.4 Å². The second-order valence-electron chi connectivity index (χ2n) is 7.40. The van der Waals surface area contributed by atoms with Crippen molar-refractivity contribution >= 4 is 5.82 Å². The fourth-order valence-electron chi connectivity index (χ4n) is 3.30. The Morgan fingerprint density at radius 3 is 2.54 bits per heavy atom. The molecule has 2 aromatic heterocycles. The van der Waals surface area contributed by atoms with Crippen molar-refractivity contribution in [3.05, 3.63) is 47.2 Å². The van der Waals surface area contributed by atoms with Crippen molar-refractivity contribution in [2.24, 2.45) is 0 Å². The van der Waals surface area contributed by atoms with Crippen molar-refractivity contribution in [3.8, 4) is 0 Å². The number of likely N-dealkylation sites (N-methyl/N-ethyl adjacent to an activating group) is 1. The summed E-state index contributed by atoms with van der Waals surface area (Å²) < 4.78 is 0. The average molecular weight is 355 g/mol. The Morgan fingerprint density at radius 1 is 1.12 bits per heavy atom. The molecule has 2 aromatic rings. The molecule has 1 saturated heterocycles. The first-order chi connectivity index (χ1) is 12.4. The number of aryl methyl sites for hydroxylation is 2. The summed E-state index contributed by atoms with van der Waals surface area (Å²) in [6, 6.07) is 6.57. The van der Waals surface area contributed by atoms with Gasteiger partial charge in [-0.1, -0.05) is 0 Å². The van der Waals surface area contributed by atoms with Gasteiger partial charge in [0.1, 0.15) is 11.6 Å². The summed E-state index contributed by atoms with van der Waals surface area (Å²) in [6.45, 7) is 11.3. The van der Waals surface area contributed by atoms with Gasteiger partial charge in [-0.25, -0.2) is 9.97 Å². The minimum atomic E-state index is 0.234. The Labute approximate surface area is 156 Å². The van der Waals surface area contributed by atoms with Crippen LogP contribution < -0.4 is 4.90 Å². The van der Waals surface area contributed by atoms with Crippen LogP contribution in [-0.2, 0) is 6.54 Å². The molecule has 140 valence electrons.